The molecule has 1 aromatic heterocycles. The topological polar surface area (TPSA) is 97.4 Å². The van der Waals surface area contributed by atoms with E-state index in [0.29, 0.717) is 22.7 Å². The van der Waals surface area contributed by atoms with E-state index in [1.807, 2.05) is 6.92 Å². The number of thiazole rings is 1. The predicted octanol–water partition coefficient (Wildman–Crippen LogP) is 3.39. The van der Waals surface area contributed by atoms with Crippen LogP contribution in [0.15, 0.2) is 47.4 Å². The Kier molecular flexibility index (Phi) is 4.52. The predicted molar refractivity (Wildman–Crippen MR) is 104 cm³/mol. The minimum atomic E-state index is -3.88. The summed E-state index contributed by atoms with van der Waals surface area (Å²) >= 11 is 1.18. The van der Waals surface area contributed by atoms with Crippen molar-refractivity contribution in [2.45, 2.75) is 11.8 Å². The third-order valence-corrected chi connectivity index (χ3v) is 6.40. The van der Waals surface area contributed by atoms with Crippen molar-refractivity contribution in [1.29, 1.82) is 0 Å². The first-order chi connectivity index (χ1) is 13.3. The van der Waals surface area contributed by atoms with Crippen LogP contribution in [0.4, 0.5) is 15.2 Å². The zero-order chi connectivity index (χ0) is 19.9. The Balaban J connectivity index is 1.63. The van der Waals surface area contributed by atoms with Crippen LogP contribution in [-0.4, -0.2) is 25.9 Å². The third-order valence-electron chi connectivity index (χ3n) is 4.03. The van der Waals surface area contributed by atoms with Crippen LogP contribution in [0.1, 0.15) is 4.88 Å². The Labute approximate surface area is 164 Å². The largest absolute Gasteiger partial charge is 0.482 e. The zero-order valence-electron chi connectivity index (χ0n) is 14.5. The lowest BCUT2D eigenvalue weighted by atomic mass is 10.1. The number of carbonyl (C=O) groups is 1. The van der Waals surface area contributed by atoms with E-state index in [9.17, 15) is 17.6 Å². The number of halogens is 1. The molecule has 7 nitrogen and oxygen atoms in total. The Morgan fingerprint density at radius 3 is 2.71 bits per heavy atom. The van der Waals surface area contributed by atoms with Crippen LogP contribution in [0, 0.1) is 12.7 Å². The molecule has 2 aromatic carbocycles. The molecule has 2 N–H and O–H groups in total. The second-order valence-corrected chi connectivity index (χ2v) is 8.92. The molecule has 10 heteroatoms. The number of nitrogens with zero attached hydrogens (tertiary/aromatic N) is 1. The van der Waals surface area contributed by atoms with Crippen molar-refractivity contribution in [3.63, 3.8) is 0 Å². The molecule has 144 valence electrons. The van der Waals surface area contributed by atoms with Gasteiger partial charge in [0.2, 0.25) is 0 Å². The van der Waals surface area contributed by atoms with Crippen LogP contribution < -0.4 is 14.8 Å². The van der Waals surface area contributed by atoms with Crippen LogP contribution >= 0.6 is 11.3 Å². The molecule has 4 rings (SSSR count). The van der Waals surface area contributed by atoms with Crippen molar-refractivity contribution in [3.05, 3.63) is 53.2 Å². The summed E-state index contributed by atoms with van der Waals surface area (Å²) in [5.74, 6) is -0.198. The van der Waals surface area contributed by atoms with Gasteiger partial charge in [0.15, 0.2) is 11.7 Å². The molecule has 28 heavy (non-hydrogen) atoms. The van der Waals surface area contributed by atoms with Crippen molar-refractivity contribution < 1.29 is 22.3 Å². The first-order valence-corrected chi connectivity index (χ1v) is 10.4. The van der Waals surface area contributed by atoms with Gasteiger partial charge in [-0.2, -0.15) is 0 Å². The van der Waals surface area contributed by atoms with Gasteiger partial charge in [-0.3, -0.25) is 9.52 Å². The van der Waals surface area contributed by atoms with E-state index in [0.717, 1.165) is 17.0 Å². The molecule has 0 unspecified atom stereocenters. The van der Waals surface area contributed by atoms with Gasteiger partial charge in [-0.05, 0) is 49.4 Å². The number of hydrogen-bond donors (Lipinski definition) is 2. The fraction of sp³-hybridized carbons (Fsp3) is 0.111. The number of fused-ring (bicyclic) bond motifs is 1. The average molecular weight is 419 g/mol. The number of amides is 1. The fourth-order valence-electron chi connectivity index (χ4n) is 2.73. The number of ether oxygens (including phenoxy) is 1. The molecule has 2 heterocycles. The van der Waals surface area contributed by atoms with Gasteiger partial charge in [0, 0.05) is 10.4 Å². The number of carbonyl (C=O) groups excluding carboxylic acids is 1. The lowest BCUT2D eigenvalue weighted by molar-refractivity contribution is -0.118. The van der Waals surface area contributed by atoms with Crippen LogP contribution in [0.5, 0.6) is 5.75 Å². The normalized spacial score (nSPS) is 13.4. The summed E-state index contributed by atoms with van der Waals surface area (Å²) in [6.45, 7) is 1.79. The standard InChI is InChI=1S/C18H14FN3O4S2/c1-10-17(11-2-7-15-14(8-11)20-16(23)9-26-15)21-18(27-10)22-28(24,25)13-5-3-12(19)4-6-13/h2-8H,9H2,1H3,(H,20,23)(H,21,22). The molecule has 0 saturated carbocycles. The van der Waals surface area contributed by atoms with Gasteiger partial charge < -0.3 is 10.1 Å². The molecule has 1 aliphatic rings. The number of aromatic nitrogens is 1. The van der Waals surface area contributed by atoms with Gasteiger partial charge in [0.05, 0.1) is 16.3 Å². The number of benzene rings is 2. The van der Waals surface area contributed by atoms with Crippen molar-refractivity contribution >= 4 is 38.1 Å². The number of rotatable bonds is 4. The Morgan fingerprint density at radius 2 is 1.96 bits per heavy atom. The van der Waals surface area contributed by atoms with E-state index in [-0.39, 0.29) is 22.5 Å². The summed E-state index contributed by atoms with van der Waals surface area (Å²) in [4.78, 5) is 16.6. The Morgan fingerprint density at radius 1 is 1.21 bits per heavy atom. The van der Waals surface area contributed by atoms with Crippen LogP contribution in [0.3, 0.4) is 0 Å². The van der Waals surface area contributed by atoms with Crippen molar-refractivity contribution in [1.82, 2.24) is 4.98 Å². The highest BCUT2D eigenvalue weighted by Crippen LogP contribution is 2.36. The van der Waals surface area contributed by atoms with E-state index in [2.05, 4.69) is 15.0 Å². The highest BCUT2D eigenvalue weighted by Gasteiger charge is 2.20. The lowest BCUT2D eigenvalue weighted by Gasteiger charge is -2.18. The first kappa shape index (κ1) is 18.4. The summed E-state index contributed by atoms with van der Waals surface area (Å²) in [6.07, 6.45) is 0. The van der Waals surface area contributed by atoms with Crippen molar-refractivity contribution in [2.24, 2.45) is 0 Å². The maximum absolute atomic E-state index is 13.0. The summed E-state index contributed by atoms with van der Waals surface area (Å²) in [6, 6.07) is 9.78. The molecule has 0 radical (unpaired) electrons. The third kappa shape index (κ3) is 3.56. The zero-order valence-corrected chi connectivity index (χ0v) is 16.2. The first-order valence-electron chi connectivity index (χ1n) is 8.15. The summed E-state index contributed by atoms with van der Waals surface area (Å²) in [7, 11) is -3.88. The SMILES string of the molecule is Cc1sc(NS(=O)(=O)c2ccc(F)cc2)nc1-c1ccc2c(c1)NC(=O)CO2. The molecule has 0 saturated heterocycles. The number of sulfonamides is 1. The fourth-order valence-corrected chi connectivity index (χ4v) is 4.80. The van der Waals surface area contributed by atoms with Gasteiger partial charge >= 0.3 is 0 Å². The Hall–Kier alpha value is -2.98. The summed E-state index contributed by atoms with van der Waals surface area (Å²) < 4.78 is 45.7. The lowest BCUT2D eigenvalue weighted by Crippen LogP contribution is -2.25. The molecule has 1 aliphatic heterocycles. The molecular weight excluding hydrogens is 405 g/mol. The van der Waals surface area contributed by atoms with E-state index in [4.69, 9.17) is 4.74 Å². The van der Waals surface area contributed by atoms with Gasteiger partial charge in [-0.1, -0.05) is 0 Å². The molecule has 0 bridgehead atoms. The van der Waals surface area contributed by atoms with Gasteiger partial charge in [0.1, 0.15) is 11.6 Å². The van der Waals surface area contributed by atoms with Crippen molar-refractivity contribution in [3.8, 4) is 17.0 Å². The maximum Gasteiger partial charge on any atom is 0.263 e. The van der Waals surface area contributed by atoms with Crippen LogP contribution in [0.2, 0.25) is 0 Å². The quantitative estimate of drug-likeness (QED) is 0.676. The van der Waals surface area contributed by atoms with Crippen molar-refractivity contribution in [2.75, 3.05) is 16.6 Å². The number of hydrogen-bond acceptors (Lipinski definition) is 6. The number of aryl methyl sites for hydroxylation is 1. The maximum atomic E-state index is 13.0. The minimum absolute atomic E-state index is 0.0304. The molecule has 0 spiro atoms. The highest BCUT2D eigenvalue weighted by atomic mass is 32.2. The second-order valence-electron chi connectivity index (χ2n) is 6.03. The van der Waals surface area contributed by atoms with Crippen LogP contribution in [0.25, 0.3) is 11.3 Å². The molecule has 3 aromatic rings. The monoisotopic (exact) mass is 419 g/mol. The highest BCUT2D eigenvalue weighted by molar-refractivity contribution is 7.93. The van der Waals surface area contributed by atoms with Gasteiger partial charge in [0.25, 0.3) is 15.9 Å². The molecule has 1 amide bonds. The molecular formula is C18H14FN3O4S2. The van der Waals surface area contributed by atoms with Gasteiger partial charge in [-0.25, -0.2) is 17.8 Å². The molecule has 0 fully saturated rings. The molecule has 0 aliphatic carbocycles. The van der Waals surface area contributed by atoms with E-state index in [1.165, 1.54) is 23.5 Å². The average Bonchev–Trinajstić information content (AvgIpc) is 3.00. The van der Waals surface area contributed by atoms with Gasteiger partial charge in [-0.15, -0.1) is 11.3 Å². The Bertz CT molecular complexity index is 1170. The number of nitrogens with one attached hydrogen (secondary N) is 2. The summed E-state index contributed by atoms with van der Waals surface area (Å²) in [5, 5.41) is 2.92. The minimum Gasteiger partial charge on any atom is -0.482 e. The van der Waals surface area contributed by atoms with E-state index in [1.54, 1.807) is 18.2 Å². The second kappa shape index (κ2) is 6.88. The van der Waals surface area contributed by atoms with Crippen LogP contribution in [-0.2, 0) is 14.8 Å². The smallest absolute Gasteiger partial charge is 0.263 e. The van der Waals surface area contributed by atoms with E-state index < -0.39 is 15.8 Å². The molecule has 0 atom stereocenters. The number of anilines is 2. The van der Waals surface area contributed by atoms with E-state index >= 15 is 0 Å². The summed E-state index contributed by atoms with van der Waals surface area (Å²) in [5.41, 5.74) is 1.84.